The molecule has 4 rings (SSSR count). The average Bonchev–Trinajstić information content (AvgIpc) is 3.39. The molecular weight excluding hydrogens is 340 g/mol. The highest BCUT2D eigenvalue weighted by Gasteiger charge is 2.17. The zero-order valence-corrected chi connectivity index (χ0v) is 15.0. The van der Waals surface area contributed by atoms with E-state index >= 15 is 0 Å². The summed E-state index contributed by atoms with van der Waals surface area (Å²) < 4.78 is 2.08. The van der Waals surface area contributed by atoms with Gasteiger partial charge in [0.15, 0.2) is 5.69 Å². The van der Waals surface area contributed by atoms with E-state index in [0.717, 1.165) is 11.4 Å². The lowest BCUT2D eigenvalue weighted by atomic mass is 10.3. The average molecular weight is 362 g/mol. The molecule has 0 aliphatic heterocycles. The van der Waals surface area contributed by atoms with Crippen LogP contribution in [-0.4, -0.2) is 25.9 Å². The molecule has 2 aromatic heterocycles. The zero-order chi connectivity index (χ0) is 18.5. The van der Waals surface area contributed by atoms with Gasteiger partial charge in [-0.05, 0) is 43.2 Å². The molecule has 1 fully saturated rings. The smallest absolute Gasteiger partial charge is 0.276 e. The fraction of sp³-hybridized carbons (Fsp3) is 0.300. The van der Waals surface area contributed by atoms with Crippen molar-refractivity contribution >= 4 is 17.4 Å². The van der Waals surface area contributed by atoms with Crippen molar-refractivity contribution in [2.45, 2.75) is 38.3 Å². The standard InChI is InChI=1S/C20H22N6O/c27-20(22-15-6-2-1-3-7-15)18-10-11-19(24-23-18)21-14-16-12-13-26(25-16)17-8-4-5-9-17/h1-3,6-7,10-13,17H,4-5,8-9,14H2,(H,21,24)(H,22,27). The van der Waals surface area contributed by atoms with Crippen LogP contribution < -0.4 is 10.6 Å². The number of carbonyl (C=O) groups is 1. The van der Waals surface area contributed by atoms with E-state index in [1.54, 1.807) is 12.1 Å². The summed E-state index contributed by atoms with van der Waals surface area (Å²) >= 11 is 0. The SMILES string of the molecule is O=C(Nc1ccccc1)c1ccc(NCc2ccn(C3CCCC3)n2)nn1. The van der Waals surface area contributed by atoms with Crippen molar-refractivity contribution in [2.24, 2.45) is 0 Å². The van der Waals surface area contributed by atoms with Crippen LogP contribution in [0.4, 0.5) is 11.5 Å². The van der Waals surface area contributed by atoms with Crippen molar-refractivity contribution in [3.05, 3.63) is 66.1 Å². The molecule has 0 bridgehead atoms. The van der Waals surface area contributed by atoms with Crippen LogP contribution in [0, 0.1) is 0 Å². The minimum Gasteiger partial charge on any atom is -0.363 e. The number of rotatable bonds is 6. The lowest BCUT2D eigenvalue weighted by Crippen LogP contribution is -2.15. The number of anilines is 2. The molecule has 0 unspecified atom stereocenters. The molecule has 0 saturated heterocycles. The third kappa shape index (κ3) is 4.31. The quantitative estimate of drug-likeness (QED) is 0.699. The predicted octanol–water partition coefficient (Wildman–Crippen LogP) is 3.65. The Balaban J connectivity index is 1.32. The van der Waals surface area contributed by atoms with Crippen molar-refractivity contribution in [3.63, 3.8) is 0 Å². The van der Waals surface area contributed by atoms with Crippen LogP contribution in [0.5, 0.6) is 0 Å². The Morgan fingerprint density at radius 3 is 2.59 bits per heavy atom. The first-order chi connectivity index (χ1) is 13.3. The molecule has 1 saturated carbocycles. The van der Waals surface area contributed by atoms with Gasteiger partial charge in [-0.1, -0.05) is 31.0 Å². The van der Waals surface area contributed by atoms with Crippen LogP contribution in [0.3, 0.4) is 0 Å². The van der Waals surface area contributed by atoms with E-state index in [1.165, 1.54) is 25.7 Å². The minimum absolute atomic E-state index is 0.273. The largest absolute Gasteiger partial charge is 0.363 e. The molecule has 0 atom stereocenters. The number of hydrogen-bond donors (Lipinski definition) is 2. The monoisotopic (exact) mass is 362 g/mol. The van der Waals surface area contributed by atoms with E-state index in [2.05, 4.69) is 36.8 Å². The zero-order valence-electron chi connectivity index (χ0n) is 15.0. The Hall–Kier alpha value is -3.22. The second-order valence-corrected chi connectivity index (χ2v) is 6.70. The second-order valence-electron chi connectivity index (χ2n) is 6.70. The van der Waals surface area contributed by atoms with Gasteiger partial charge < -0.3 is 10.6 Å². The summed E-state index contributed by atoms with van der Waals surface area (Å²) in [6.45, 7) is 0.573. The molecule has 2 N–H and O–H groups in total. The summed E-state index contributed by atoms with van der Waals surface area (Å²) in [6.07, 6.45) is 7.06. The number of para-hydroxylation sites is 1. The third-order valence-electron chi connectivity index (χ3n) is 4.74. The fourth-order valence-corrected chi connectivity index (χ4v) is 3.29. The van der Waals surface area contributed by atoms with Crippen molar-refractivity contribution in [3.8, 4) is 0 Å². The fourth-order valence-electron chi connectivity index (χ4n) is 3.29. The summed E-state index contributed by atoms with van der Waals surface area (Å²) in [4.78, 5) is 12.2. The minimum atomic E-state index is -0.282. The van der Waals surface area contributed by atoms with Gasteiger partial charge in [0.25, 0.3) is 5.91 Å². The molecular formula is C20H22N6O. The number of carbonyl (C=O) groups excluding carboxylic acids is 1. The van der Waals surface area contributed by atoms with Gasteiger partial charge >= 0.3 is 0 Å². The Kier molecular flexibility index (Phi) is 5.09. The van der Waals surface area contributed by atoms with E-state index in [4.69, 9.17) is 0 Å². The summed E-state index contributed by atoms with van der Waals surface area (Å²) in [5.74, 6) is 0.331. The first kappa shape index (κ1) is 17.2. The summed E-state index contributed by atoms with van der Waals surface area (Å²) in [7, 11) is 0. The summed E-state index contributed by atoms with van der Waals surface area (Å²) in [6, 6.07) is 15.3. The van der Waals surface area contributed by atoms with Crippen molar-refractivity contribution in [1.82, 2.24) is 20.0 Å². The van der Waals surface area contributed by atoms with Gasteiger partial charge in [0.1, 0.15) is 5.82 Å². The Morgan fingerprint density at radius 2 is 1.85 bits per heavy atom. The molecule has 1 aliphatic rings. The molecule has 3 aromatic rings. The van der Waals surface area contributed by atoms with E-state index in [1.807, 2.05) is 36.4 Å². The first-order valence-electron chi connectivity index (χ1n) is 9.26. The highest BCUT2D eigenvalue weighted by molar-refractivity contribution is 6.02. The van der Waals surface area contributed by atoms with Crippen molar-refractivity contribution in [2.75, 3.05) is 10.6 Å². The molecule has 7 heteroatoms. The Labute approximate surface area is 157 Å². The van der Waals surface area contributed by atoms with E-state index < -0.39 is 0 Å². The summed E-state index contributed by atoms with van der Waals surface area (Å²) in [5, 5.41) is 18.7. The number of amides is 1. The summed E-state index contributed by atoms with van der Waals surface area (Å²) in [5.41, 5.74) is 1.97. The van der Waals surface area contributed by atoms with Gasteiger partial charge in [0.2, 0.25) is 0 Å². The lowest BCUT2D eigenvalue weighted by molar-refractivity contribution is 0.102. The lowest BCUT2D eigenvalue weighted by Gasteiger charge is -2.09. The molecule has 7 nitrogen and oxygen atoms in total. The van der Waals surface area contributed by atoms with Gasteiger partial charge in [0, 0.05) is 11.9 Å². The van der Waals surface area contributed by atoms with Crippen LogP contribution in [0.1, 0.15) is 47.9 Å². The molecule has 138 valence electrons. The van der Waals surface area contributed by atoms with Crippen LogP contribution >= 0.6 is 0 Å². The van der Waals surface area contributed by atoms with Gasteiger partial charge in [-0.15, -0.1) is 10.2 Å². The number of nitrogens with one attached hydrogen (secondary N) is 2. The number of aromatic nitrogens is 4. The maximum atomic E-state index is 12.2. The van der Waals surface area contributed by atoms with Crippen molar-refractivity contribution in [1.29, 1.82) is 0 Å². The molecule has 1 aliphatic carbocycles. The third-order valence-corrected chi connectivity index (χ3v) is 4.74. The highest BCUT2D eigenvalue weighted by atomic mass is 16.1. The van der Waals surface area contributed by atoms with E-state index in [9.17, 15) is 4.79 Å². The number of hydrogen-bond acceptors (Lipinski definition) is 5. The number of benzene rings is 1. The van der Waals surface area contributed by atoms with E-state index in [0.29, 0.717) is 18.4 Å². The maximum absolute atomic E-state index is 12.2. The van der Waals surface area contributed by atoms with Crippen LogP contribution in [0.15, 0.2) is 54.7 Å². The van der Waals surface area contributed by atoms with Gasteiger partial charge in [-0.2, -0.15) is 5.10 Å². The Morgan fingerprint density at radius 1 is 1.04 bits per heavy atom. The molecule has 0 radical (unpaired) electrons. The predicted molar refractivity (Wildman–Crippen MR) is 103 cm³/mol. The topological polar surface area (TPSA) is 84.7 Å². The van der Waals surface area contributed by atoms with Gasteiger partial charge in [-0.3, -0.25) is 9.48 Å². The highest BCUT2D eigenvalue weighted by Crippen LogP contribution is 2.28. The molecule has 1 amide bonds. The van der Waals surface area contributed by atoms with Gasteiger partial charge in [-0.25, -0.2) is 0 Å². The molecule has 0 spiro atoms. The molecule has 2 heterocycles. The van der Waals surface area contributed by atoms with Gasteiger partial charge in [0.05, 0.1) is 18.3 Å². The molecule has 1 aromatic carbocycles. The first-order valence-corrected chi connectivity index (χ1v) is 9.26. The van der Waals surface area contributed by atoms with Crippen LogP contribution in [-0.2, 0) is 6.54 Å². The van der Waals surface area contributed by atoms with Crippen LogP contribution in [0.2, 0.25) is 0 Å². The number of nitrogens with zero attached hydrogens (tertiary/aromatic N) is 4. The normalized spacial score (nSPS) is 14.2. The molecule has 27 heavy (non-hydrogen) atoms. The van der Waals surface area contributed by atoms with Crippen LogP contribution in [0.25, 0.3) is 0 Å². The maximum Gasteiger partial charge on any atom is 0.276 e. The second kappa shape index (κ2) is 7.99. The Bertz CT molecular complexity index is 884. The van der Waals surface area contributed by atoms with E-state index in [-0.39, 0.29) is 11.6 Å². The van der Waals surface area contributed by atoms with Crippen molar-refractivity contribution < 1.29 is 4.79 Å².